The minimum atomic E-state index is -0.496. The third-order valence-electron chi connectivity index (χ3n) is 4.33. The van der Waals surface area contributed by atoms with Gasteiger partial charge in [0.25, 0.3) is 5.91 Å². The number of nitrogens with zero attached hydrogens (tertiary/aromatic N) is 4. The fourth-order valence-electron chi connectivity index (χ4n) is 3.07. The zero-order valence-corrected chi connectivity index (χ0v) is 14.6. The topological polar surface area (TPSA) is 58.4 Å². The van der Waals surface area contributed by atoms with E-state index in [0.29, 0.717) is 29.4 Å². The largest absolute Gasteiger partial charge is 0.328 e. The summed E-state index contributed by atoms with van der Waals surface area (Å²) in [6.07, 6.45) is 0.573. The van der Waals surface area contributed by atoms with Crippen molar-refractivity contribution in [3.05, 3.63) is 46.7 Å². The predicted octanol–water partition coefficient (Wildman–Crippen LogP) is 2.26. The van der Waals surface area contributed by atoms with Gasteiger partial charge in [0.05, 0.1) is 16.4 Å². The van der Waals surface area contributed by atoms with E-state index in [0.717, 1.165) is 5.69 Å². The highest BCUT2D eigenvalue weighted by molar-refractivity contribution is 6.34. The number of hydrogen-bond acceptors (Lipinski definition) is 3. The van der Waals surface area contributed by atoms with Crippen LogP contribution in [0.25, 0.3) is 0 Å². The van der Waals surface area contributed by atoms with Crippen molar-refractivity contribution >= 4 is 29.1 Å². The third-order valence-corrected chi connectivity index (χ3v) is 4.65. The second-order valence-corrected chi connectivity index (χ2v) is 6.36. The molecule has 6 nitrogen and oxygen atoms in total. The second-order valence-electron chi connectivity index (χ2n) is 5.96. The van der Waals surface area contributed by atoms with E-state index in [2.05, 4.69) is 5.10 Å². The van der Waals surface area contributed by atoms with Crippen LogP contribution in [-0.4, -0.2) is 46.1 Å². The highest BCUT2D eigenvalue weighted by atomic mass is 35.5. The molecule has 1 atom stereocenters. The molecular formula is C17H19ClN4O2. The van der Waals surface area contributed by atoms with E-state index in [4.69, 9.17) is 11.6 Å². The van der Waals surface area contributed by atoms with Crippen LogP contribution in [0.2, 0.25) is 5.02 Å². The summed E-state index contributed by atoms with van der Waals surface area (Å²) in [5, 5.41) is 4.72. The van der Waals surface area contributed by atoms with Crippen molar-refractivity contribution in [3.8, 4) is 0 Å². The molecule has 126 valence electrons. The first-order valence-electron chi connectivity index (χ1n) is 7.74. The summed E-state index contributed by atoms with van der Waals surface area (Å²) in [4.78, 5) is 28.6. The lowest BCUT2D eigenvalue weighted by molar-refractivity contribution is -0.120. The molecular weight excluding hydrogens is 328 g/mol. The lowest BCUT2D eigenvalue weighted by atomic mass is 10.2. The van der Waals surface area contributed by atoms with Gasteiger partial charge in [0.2, 0.25) is 5.91 Å². The Bertz CT molecular complexity index is 802. The maximum Gasteiger partial charge on any atom is 0.272 e. The molecule has 1 aliphatic rings. The quantitative estimate of drug-likeness (QED) is 0.856. The summed E-state index contributed by atoms with van der Waals surface area (Å²) in [6.45, 7) is 2.37. The Morgan fingerprint density at radius 2 is 2.08 bits per heavy atom. The Kier molecular flexibility index (Phi) is 4.32. The molecule has 2 heterocycles. The van der Waals surface area contributed by atoms with Crippen LogP contribution in [0.3, 0.4) is 0 Å². The molecule has 2 amide bonds. The first kappa shape index (κ1) is 16.5. The van der Waals surface area contributed by atoms with Crippen molar-refractivity contribution in [1.29, 1.82) is 0 Å². The van der Waals surface area contributed by atoms with Crippen molar-refractivity contribution in [2.45, 2.75) is 19.4 Å². The maximum absolute atomic E-state index is 12.8. The average molecular weight is 347 g/mol. The van der Waals surface area contributed by atoms with Crippen molar-refractivity contribution in [1.82, 2.24) is 14.7 Å². The molecule has 3 rings (SSSR count). The zero-order valence-electron chi connectivity index (χ0n) is 13.9. The molecule has 2 aromatic rings. The van der Waals surface area contributed by atoms with Crippen LogP contribution in [0, 0.1) is 6.92 Å². The van der Waals surface area contributed by atoms with Gasteiger partial charge in [-0.25, -0.2) is 0 Å². The smallest absolute Gasteiger partial charge is 0.272 e. The van der Waals surface area contributed by atoms with Crippen LogP contribution in [0.15, 0.2) is 30.3 Å². The van der Waals surface area contributed by atoms with Gasteiger partial charge < -0.3 is 9.80 Å². The van der Waals surface area contributed by atoms with Gasteiger partial charge in [0, 0.05) is 20.6 Å². The Morgan fingerprint density at radius 3 is 2.71 bits per heavy atom. The number of para-hydroxylation sites is 1. The Hall–Kier alpha value is -2.34. The molecule has 1 unspecified atom stereocenters. The number of carbonyl (C=O) groups excluding carboxylic acids is 2. The zero-order chi connectivity index (χ0) is 17.4. The van der Waals surface area contributed by atoms with Gasteiger partial charge in [-0.05, 0) is 31.5 Å². The SMILES string of the molecule is Cc1cc(C(=O)N(C)C2CCN(c3ccccc3Cl)C2=O)n(C)n1. The number of halogens is 1. The van der Waals surface area contributed by atoms with Crippen molar-refractivity contribution in [2.75, 3.05) is 18.5 Å². The van der Waals surface area contributed by atoms with Crippen molar-refractivity contribution < 1.29 is 9.59 Å². The number of likely N-dealkylation sites (N-methyl/N-ethyl adjacent to an activating group) is 1. The van der Waals surface area contributed by atoms with Crippen LogP contribution in [0.5, 0.6) is 0 Å². The molecule has 1 aromatic carbocycles. The summed E-state index contributed by atoms with van der Waals surface area (Å²) in [7, 11) is 3.38. The maximum atomic E-state index is 12.8. The molecule has 1 aliphatic heterocycles. The van der Waals surface area contributed by atoms with Gasteiger partial charge in [-0.1, -0.05) is 23.7 Å². The number of carbonyl (C=O) groups is 2. The minimum Gasteiger partial charge on any atom is -0.328 e. The molecule has 1 fully saturated rings. The van der Waals surface area contributed by atoms with E-state index in [1.807, 2.05) is 25.1 Å². The molecule has 0 spiro atoms. The second kappa shape index (κ2) is 6.28. The monoisotopic (exact) mass is 346 g/mol. The van der Waals surface area contributed by atoms with Gasteiger partial charge in [-0.2, -0.15) is 5.10 Å². The van der Waals surface area contributed by atoms with Crippen LogP contribution >= 0.6 is 11.6 Å². The summed E-state index contributed by atoms with van der Waals surface area (Å²) in [5.41, 5.74) is 1.92. The van der Waals surface area contributed by atoms with E-state index in [9.17, 15) is 9.59 Å². The van der Waals surface area contributed by atoms with Crippen LogP contribution in [-0.2, 0) is 11.8 Å². The number of amides is 2. The molecule has 1 aromatic heterocycles. The molecule has 0 saturated carbocycles. The van der Waals surface area contributed by atoms with Crippen LogP contribution in [0.1, 0.15) is 22.6 Å². The van der Waals surface area contributed by atoms with E-state index in [-0.39, 0.29) is 11.8 Å². The first-order valence-corrected chi connectivity index (χ1v) is 8.11. The summed E-state index contributed by atoms with van der Waals surface area (Å²) in [5.74, 6) is -0.324. The van der Waals surface area contributed by atoms with Gasteiger partial charge in [0.1, 0.15) is 11.7 Å². The standard InChI is InChI=1S/C17H19ClN4O2/c1-11-10-15(21(3)19-11)16(23)20(2)14-8-9-22(17(14)24)13-7-5-4-6-12(13)18/h4-7,10,14H,8-9H2,1-3H3. The highest BCUT2D eigenvalue weighted by Crippen LogP contribution is 2.30. The van der Waals surface area contributed by atoms with E-state index < -0.39 is 6.04 Å². The predicted molar refractivity (Wildman–Crippen MR) is 92.2 cm³/mol. The fourth-order valence-corrected chi connectivity index (χ4v) is 3.30. The van der Waals surface area contributed by atoms with Crippen LogP contribution in [0.4, 0.5) is 5.69 Å². The van der Waals surface area contributed by atoms with Gasteiger partial charge in [-0.3, -0.25) is 14.3 Å². The third kappa shape index (κ3) is 2.78. The Balaban J connectivity index is 1.81. The number of aryl methyl sites for hydroxylation is 2. The molecule has 24 heavy (non-hydrogen) atoms. The van der Waals surface area contributed by atoms with Gasteiger partial charge in [0.15, 0.2) is 0 Å². The lowest BCUT2D eigenvalue weighted by Crippen LogP contribution is -2.43. The van der Waals surface area contributed by atoms with Gasteiger partial charge >= 0.3 is 0 Å². The average Bonchev–Trinajstić information content (AvgIpc) is 3.09. The number of benzene rings is 1. The van der Waals surface area contributed by atoms with E-state index >= 15 is 0 Å². The Labute approximate surface area is 145 Å². The highest BCUT2D eigenvalue weighted by Gasteiger charge is 2.38. The normalized spacial score (nSPS) is 17.4. The first-order chi connectivity index (χ1) is 11.4. The number of aromatic nitrogens is 2. The molecule has 0 bridgehead atoms. The van der Waals surface area contributed by atoms with Crippen LogP contribution < -0.4 is 4.90 Å². The summed E-state index contributed by atoms with van der Waals surface area (Å²) < 4.78 is 1.54. The molecule has 0 radical (unpaired) electrons. The summed E-state index contributed by atoms with van der Waals surface area (Å²) >= 11 is 6.19. The number of anilines is 1. The Morgan fingerprint density at radius 1 is 1.38 bits per heavy atom. The van der Waals surface area contributed by atoms with E-state index in [1.54, 1.807) is 35.8 Å². The molecule has 0 N–H and O–H groups in total. The molecule has 0 aliphatic carbocycles. The summed E-state index contributed by atoms with van der Waals surface area (Å²) in [6, 6.07) is 8.47. The fraction of sp³-hybridized carbons (Fsp3) is 0.353. The number of hydrogen-bond donors (Lipinski definition) is 0. The molecule has 7 heteroatoms. The van der Waals surface area contributed by atoms with Crippen molar-refractivity contribution in [3.63, 3.8) is 0 Å². The van der Waals surface area contributed by atoms with Gasteiger partial charge in [-0.15, -0.1) is 0 Å². The lowest BCUT2D eigenvalue weighted by Gasteiger charge is -2.24. The number of rotatable bonds is 3. The molecule has 1 saturated heterocycles. The van der Waals surface area contributed by atoms with Crippen molar-refractivity contribution in [2.24, 2.45) is 7.05 Å². The minimum absolute atomic E-state index is 0.113. The van der Waals surface area contributed by atoms with E-state index in [1.165, 1.54) is 4.90 Å².